The monoisotopic (exact) mass is 269 g/mol. The van der Waals surface area contributed by atoms with Crippen LogP contribution in [-0.4, -0.2) is 36.0 Å². The molecule has 0 amide bonds. The minimum atomic E-state index is -2.79. The van der Waals surface area contributed by atoms with Crippen LogP contribution in [0.1, 0.15) is 36.1 Å². The van der Waals surface area contributed by atoms with E-state index >= 15 is 0 Å². The van der Waals surface area contributed by atoms with Gasteiger partial charge in [-0.25, -0.2) is 13.4 Å². The molecule has 0 spiro atoms. The predicted molar refractivity (Wildman–Crippen MR) is 69.3 cm³/mol. The summed E-state index contributed by atoms with van der Waals surface area (Å²) < 4.78 is 25.3. The fraction of sp³-hybridized carbons (Fsp3) is 0.750. The van der Waals surface area contributed by atoms with Crippen LogP contribution in [0.5, 0.6) is 0 Å². The first-order valence-electron chi connectivity index (χ1n) is 6.54. The molecule has 2 aliphatic heterocycles. The molecule has 6 heteroatoms. The second-order valence-corrected chi connectivity index (χ2v) is 7.54. The fourth-order valence-corrected chi connectivity index (χ4v) is 4.55. The van der Waals surface area contributed by atoms with Gasteiger partial charge in [-0.05, 0) is 19.8 Å². The van der Waals surface area contributed by atoms with Gasteiger partial charge in [-0.3, -0.25) is 0 Å². The molecule has 18 heavy (non-hydrogen) atoms. The molecule has 0 bridgehead atoms. The van der Waals surface area contributed by atoms with E-state index in [2.05, 4.69) is 14.9 Å². The van der Waals surface area contributed by atoms with Crippen LogP contribution in [0.15, 0.2) is 0 Å². The zero-order chi connectivity index (χ0) is 12.8. The molecule has 1 aromatic heterocycles. The van der Waals surface area contributed by atoms with Gasteiger partial charge in [0.15, 0.2) is 0 Å². The number of aryl methyl sites for hydroxylation is 1. The summed E-state index contributed by atoms with van der Waals surface area (Å²) in [6.45, 7) is 3.86. The molecule has 3 heterocycles. The van der Waals surface area contributed by atoms with E-state index in [-0.39, 0.29) is 0 Å². The average Bonchev–Trinajstić information content (AvgIpc) is 2.66. The Hall–Kier alpha value is -0.880. The van der Waals surface area contributed by atoms with Gasteiger partial charge in [-0.2, -0.15) is 0 Å². The summed E-state index contributed by atoms with van der Waals surface area (Å²) in [4.78, 5) is 4.61. The molecule has 0 aliphatic carbocycles. The minimum Gasteiger partial charge on any atom is -0.329 e. The highest BCUT2D eigenvalue weighted by atomic mass is 32.2. The number of fused-ring (bicyclic) bond motifs is 1. The lowest BCUT2D eigenvalue weighted by Crippen LogP contribution is -2.29. The summed E-state index contributed by atoms with van der Waals surface area (Å²) in [5, 5.41) is 3.33. The molecule has 1 fully saturated rings. The van der Waals surface area contributed by atoms with Crippen LogP contribution >= 0.6 is 0 Å². The molecular weight excluding hydrogens is 250 g/mol. The van der Waals surface area contributed by atoms with Crippen LogP contribution in [0, 0.1) is 6.92 Å². The molecule has 3 rings (SSSR count). The third-order valence-electron chi connectivity index (χ3n) is 3.99. The highest BCUT2D eigenvalue weighted by Gasteiger charge is 2.28. The van der Waals surface area contributed by atoms with E-state index in [0.29, 0.717) is 17.5 Å². The van der Waals surface area contributed by atoms with Crippen LogP contribution in [0.25, 0.3) is 0 Å². The van der Waals surface area contributed by atoms with Gasteiger partial charge >= 0.3 is 0 Å². The number of rotatable bonds is 1. The molecule has 100 valence electrons. The van der Waals surface area contributed by atoms with Crippen molar-refractivity contribution < 1.29 is 8.42 Å². The molecule has 1 aromatic rings. The molecule has 5 nitrogen and oxygen atoms in total. The van der Waals surface area contributed by atoms with Gasteiger partial charge in [-0.15, -0.1) is 0 Å². The Balaban J connectivity index is 1.91. The Labute approximate surface area is 108 Å². The Kier molecular flexibility index (Phi) is 2.94. The molecule has 2 aliphatic rings. The largest absolute Gasteiger partial charge is 0.329 e. The molecule has 0 radical (unpaired) electrons. The number of sulfone groups is 1. The number of nitrogens with one attached hydrogen (secondary N) is 1. The van der Waals surface area contributed by atoms with Crippen molar-refractivity contribution in [3.05, 3.63) is 17.2 Å². The van der Waals surface area contributed by atoms with Gasteiger partial charge in [0.1, 0.15) is 15.7 Å². The average molecular weight is 269 g/mol. The van der Waals surface area contributed by atoms with E-state index in [9.17, 15) is 8.42 Å². The standard InChI is InChI=1S/C12H19N3O2S/c1-9-14-11-8-13-5-2-12(11)15(9)10-3-6-18(16,17)7-4-10/h10,13H,2-8H2,1H3. The Morgan fingerprint density at radius 2 is 2.06 bits per heavy atom. The summed E-state index contributed by atoms with van der Waals surface area (Å²) in [7, 11) is -2.79. The lowest BCUT2D eigenvalue weighted by Gasteiger charge is -2.27. The van der Waals surface area contributed by atoms with Crippen molar-refractivity contribution in [1.29, 1.82) is 0 Å². The highest BCUT2D eigenvalue weighted by molar-refractivity contribution is 7.91. The number of nitrogens with zero attached hydrogens (tertiary/aromatic N) is 2. The Bertz CT molecular complexity index is 548. The van der Waals surface area contributed by atoms with Crippen molar-refractivity contribution in [1.82, 2.24) is 14.9 Å². The lowest BCUT2D eigenvalue weighted by atomic mass is 10.1. The van der Waals surface area contributed by atoms with Crippen molar-refractivity contribution >= 4 is 9.84 Å². The van der Waals surface area contributed by atoms with E-state index in [1.165, 1.54) is 5.69 Å². The number of hydrogen-bond donors (Lipinski definition) is 1. The van der Waals surface area contributed by atoms with Gasteiger partial charge < -0.3 is 9.88 Å². The Morgan fingerprint density at radius 1 is 1.33 bits per heavy atom. The van der Waals surface area contributed by atoms with Crippen LogP contribution in [0.3, 0.4) is 0 Å². The quantitative estimate of drug-likeness (QED) is 0.810. The van der Waals surface area contributed by atoms with E-state index in [1.807, 2.05) is 6.92 Å². The van der Waals surface area contributed by atoms with Gasteiger partial charge in [0, 0.05) is 31.2 Å². The van der Waals surface area contributed by atoms with Crippen molar-refractivity contribution in [2.24, 2.45) is 0 Å². The smallest absolute Gasteiger partial charge is 0.150 e. The zero-order valence-electron chi connectivity index (χ0n) is 10.6. The third-order valence-corrected chi connectivity index (χ3v) is 5.71. The summed E-state index contributed by atoms with van der Waals surface area (Å²) in [5.41, 5.74) is 2.46. The van der Waals surface area contributed by atoms with Crippen LogP contribution in [0.4, 0.5) is 0 Å². The lowest BCUT2D eigenvalue weighted by molar-refractivity contribution is 0.425. The van der Waals surface area contributed by atoms with Gasteiger partial charge in [-0.1, -0.05) is 0 Å². The first kappa shape index (κ1) is 12.2. The summed E-state index contributed by atoms with van der Waals surface area (Å²) >= 11 is 0. The maximum Gasteiger partial charge on any atom is 0.150 e. The summed E-state index contributed by atoms with van der Waals surface area (Å²) in [6, 6.07) is 0.322. The van der Waals surface area contributed by atoms with Crippen molar-refractivity contribution in [2.45, 2.75) is 38.8 Å². The SMILES string of the molecule is Cc1nc2c(n1C1CCS(=O)(=O)CC1)CCNC2. The van der Waals surface area contributed by atoms with E-state index in [1.54, 1.807) is 0 Å². The normalized spacial score (nSPS) is 23.8. The first-order chi connectivity index (χ1) is 8.57. The van der Waals surface area contributed by atoms with Crippen LogP contribution < -0.4 is 5.32 Å². The van der Waals surface area contributed by atoms with E-state index in [0.717, 1.165) is 43.9 Å². The Morgan fingerprint density at radius 3 is 2.78 bits per heavy atom. The maximum absolute atomic E-state index is 11.5. The molecule has 1 N–H and O–H groups in total. The first-order valence-corrected chi connectivity index (χ1v) is 8.37. The number of imidazole rings is 1. The number of aromatic nitrogens is 2. The van der Waals surface area contributed by atoms with Crippen molar-refractivity contribution in [2.75, 3.05) is 18.1 Å². The second kappa shape index (κ2) is 4.35. The van der Waals surface area contributed by atoms with Gasteiger partial charge in [0.25, 0.3) is 0 Å². The maximum atomic E-state index is 11.5. The molecule has 0 saturated carbocycles. The fourth-order valence-electron chi connectivity index (χ4n) is 3.09. The second-order valence-electron chi connectivity index (χ2n) is 5.23. The summed E-state index contributed by atoms with van der Waals surface area (Å²) in [5.74, 6) is 1.68. The predicted octanol–water partition coefficient (Wildman–Crippen LogP) is 0.587. The van der Waals surface area contributed by atoms with E-state index < -0.39 is 9.84 Å². The van der Waals surface area contributed by atoms with Gasteiger partial charge in [0.2, 0.25) is 0 Å². The molecule has 0 aromatic carbocycles. The van der Waals surface area contributed by atoms with Gasteiger partial charge in [0.05, 0.1) is 17.2 Å². The zero-order valence-corrected chi connectivity index (χ0v) is 11.5. The summed E-state index contributed by atoms with van der Waals surface area (Å²) in [6.07, 6.45) is 2.47. The highest BCUT2D eigenvalue weighted by Crippen LogP contribution is 2.29. The third kappa shape index (κ3) is 2.07. The molecule has 0 atom stereocenters. The number of hydrogen-bond acceptors (Lipinski definition) is 4. The van der Waals surface area contributed by atoms with Crippen molar-refractivity contribution in [3.63, 3.8) is 0 Å². The topological polar surface area (TPSA) is 64.0 Å². The molecule has 0 unspecified atom stereocenters. The molecule has 1 saturated heterocycles. The minimum absolute atomic E-state index is 0.322. The van der Waals surface area contributed by atoms with Crippen LogP contribution in [0.2, 0.25) is 0 Å². The van der Waals surface area contributed by atoms with E-state index in [4.69, 9.17) is 0 Å². The van der Waals surface area contributed by atoms with Crippen molar-refractivity contribution in [3.8, 4) is 0 Å². The van der Waals surface area contributed by atoms with Crippen LogP contribution in [-0.2, 0) is 22.8 Å². The molecular formula is C12H19N3O2S.